The second-order valence-electron chi connectivity index (χ2n) is 5.86. The second kappa shape index (κ2) is 5.55. The zero-order chi connectivity index (χ0) is 16.7. The molecule has 124 valence electrons. The molecule has 8 heteroatoms. The van der Waals surface area contributed by atoms with Crippen LogP contribution < -0.4 is 20.9 Å². The van der Waals surface area contributed by atoms with Gasteiger partial charge >= 0.3 is 6.03 Å². The van der Waals surface area contributed by atoms with Crippen molar-refractivity contribution in [1.82, 2.24) is 15.1 Å². The number of amides is 3. The van der Waals surface area contributed by atoms with Crippen molar-refractivity contribution in [3.05, 3.63) is 29.8 Å². The van der Waals surface area contributed by atoms with Gasteiger partial charge < -0.3 is 15.5 Å². The third-order valence-corrected chi connectivity index (χ3v) is 4.34. The molecule has 2 aromatic rings. The molecular formula is C16H18N6O2. The maximum absolute atomic E-state index is 11.6. The molecule has 0 spiro atoms. The number of benzene rings is 1. The molecule has 0 saturated heterocycles. The number of anilines is 4. The molecule has 0 aliphatic carbocycles. The van der Waals surface area contributed by atoms with Crippen molar-refractivity contribution in [2.24, 2.45) is 0 Å². The van der Waals surface area contributed by atoms with Crippen LogP contribution in [0.3, 0.4) is 0 Å². The van der Waals surface area contributed by atoms with E-state index < -0.39 is 0 Å². The van der Waals surface area contributed by atoms with Gasteiger partial charge in [-0.1, -0.05) is 6.07 Å². The van der Waals surface area contributed by atoms with Gasteiger partial charge in [-0.25, -0.2) is 9.48 Å². The minimum absolute atomic E-state index is 0.0585. The fourth-order valence-electron chi connectivity index (χ4n) is 3.13. The van der Waals surface area contributed by atoms with E-state index in [1.807, 2.05) is 16.8 Å². The molecule has 3 heterocycles. The van der Waals surface area contributed by atoms with E-state index in [0.29, 0.717) is 12.2 Å². The molecule has 1 aromatic heterocycles. The number of fused-ring (bicyclic) bond motifs is 2. The maximum Gasteiger partial charge on any atom is 0.320 e. The highest BCUT2D eigenvalue weighted by atomic mass is 16.2. The van der Waals surface area contributed by atoms with Gasteiger partial charge in [-0.3, -0.25) is 10.1 Å². The lowest BCUT2D eigenvalue weighted by molar-refractivity contribution is -0.116. The Balaban J connectivity index is 1.62. The first-order valence-electron chi connectivity index (χ1n) is 7.91. The minimum atomic E-state index is -0.296. The fourth-order valence-corrected chi connectivity index (χ4v) is 3.13. The van der Waals surface area contributed by atoms with Crippen molar-refractivity contribution in [3.63, 3.8) is 0 Å². The normalized spacial score (nSPS) is 15.5. The number of carbonyl (C=O) groups excluding carboxylic acids is 2. The third-order valence-electron chi connectivity index (χ3n) is 4.34. The first-order valence-corrected chi connectivity index (χ1v) is 7.91. The highest BCUT2D eigenvalue weighted by Crippen LogP contribution is 2.35. The average molecular weight is 326 g/mol. The lowest BCUT2D eigenvalue weighted by atomic mass is 10.0. The minimum Gasteiger partial charge on any atom is -0.341 e. The van der Waals surface area contributed by atoms with Crippen molar-refractivity contribution in [1.29, 1.82) is 0 Å². The Morgan fingerprint density at radius 3 is 2.96 bits per heavy atom. The number of urea groups is 1. The van der Waals surface area contributed by atoms with Crippen molar-refractivity contribution in [2.75, 3.05) is 29.1 Å². The van der Waals surface area contributed by atoms with Crippen LogP contribution >= 0.6 is 0 Å². The Labute approximate surface area is 138 Å². The molecule has 0 atom stereocenters. The number of aromatic nitrogens is 2. The van der Waals surface area contributed by atoms with Gasteiger partial charge in [-0.05, 0) is 24.1 Å². The molecule has 2 aliphatic heterocycles. The van der Waals surface area contributed by atoms with Gasteiger partial charge in [0, 0.05) is 37.5 Å². The Morgan fingerprint density at radius 2 is 2.12 bits per heavy atom. The molecule has 8 nitrogen and oxygen atoms in total. The first-order chi connectivity index (χ1) is 11.6. The van der Waals surface area contributed by atoms with Gasteiger partial charge in [-0.15, -0.1) is 0 Å². The van der Waals surface area contributed by atoms with Crippen LogP contribution in [0.15, 0.2) is 24.3 Å². The van der Waals surface area contributed by atoms with Gasteiger partial charge in [-0.2, -0.15) is 5.10 Å². The number of hydrogen-bond acceptors (Lipinski definition) is 4. The largest absolute Gasteiger partial charge is 0.341 e. The molecule has 0 saturated carbocycles. The molecule has 0 bridgehead atoms. The first kappa shape index (κ1) is 14.6. The maximum atomic E-state index is 11.6. The molecule has 3 amide bonds. The molecule has 0 unspecified atom stereocenters. The molecule has 4 rings (SSSR count). The van der Waals surface area contributed by atoms with Crippen LogP contribution in [0.25, 0.3) is 0 Å². The zero-order valence-corrected chi connectivity index (χ0v) is 13.3. The third kappa shape index (κ3) is 2.45. The Kier molecular flexibility index (Phi) is 3.37. The van der Waals surface area contributed by atoms with Crippen LogP contribution in [-0.4, -0.2) is 35.3 Å². The van der Waals surface area contributed by atoms with E-state index in [9.17, 15) is 9.59 Å². The van der Waals surface area contributed by atoms with E-state index in [4.69, 9.17) is 0 Å². The van der Waals surface area contributed by atoms with E-state index >= 15 is 0 Å². The van der Waals surface area contributed by atoms with Gasteiger partial charge in [0.2, 0.25) is 5.91 Å². The van der Waals surface area contributed by atoms with E-state index in [2.05, 4.69) is 38.1 Å². The summed E-state index contributed by atoms with van der Waals surface area (Å²) in [6.07, 6.45) is 1.32. The highest BCUT2D eigenvalue weighted by Gasteiger charge is 2.25. The van der Waals surface area contributed by atoms with Crippen LogP contribution in [0.2, 0.25) is 0 Å². The quantitative estimate of drug-likeness (QED) is 0.783. The predicted molar refractivity (Wildman–Crippen MR) is 90.7 cm³/mol. The summed E-state index contributed by atoms with van der Waals surface area (Å²) in [5, 5.41) is 12.5. The number of aryl methyl sites for hydroxylation is 1. The molecule has 2 aliphatic rings. The number of carbonyl (C=O) groups is 2. The van der Waals surface area contributed by atoms with Crippen LogP contribution in [-0.2, 0) is 17.8 Å². The van der Waals surface area contributed by atoms with E-state index in [-0.39, 0.29) is 11.9 Å². The molecular weight excluding hydrogens is 308 g/mol. The van der Waals surface area contributed by atoms with Crippen LogP contribution in [0.4, 0.5) is 27.8 Å². The summed E-state index contributed by atoms with van der Waals surface area (Å²) >= 11 is 0. The molecule has 0 fully saturated rings. The Hall–Kier alpha value is -3.03. The summed E-state index contributed by atoms with van der Waals surface area (Å²) in [6, 6.07) is 7.67. The predicted octanol–water partition coefficient (Wildman–Crippen LogP) is 1.67. The zero-order valence-electron chi connectivity index (χ0n) is 13.3. The molecule has 1 aromatic carbocycles. The van der Waals surface area contributed by atoms with Crippen LogP contribution in [0.1, 0.15) is 12.0 Å². The van der Waals surface area contributed by atoms with Gasteiger partial charge in [0.15, 0.2) is 5.82 Å². The summed E-state index contributed by atoms with van der Waals surface area (Å²) in [4.78, 5) is 25.2. The van der Waals surface area contributed by atoms with E-state index in [1.54, 1.807) is 7.05 Å². The number of nitrogens with zero attached hydrogens (tertiary/aromatic N) is 3. The van der Waals surface area contributed by atoms with Crippen molar-refractivity contribution >= 4 is 34.9 Å². The topological polar surface area (TPSA) is 91.3 Å². The Bertz CT molecular complexity index is 828. The van der Waals surface area contributed by atoms with Crippen LogP contribution in [0, 0.1) is 0 Å². The number of rotatable bonds is 2. The summed E-state index contributed by atoms with van der Waals surface area (Å²) in [5.74, 6) is 1.49. The molecule has 3 N–H and O–H groups in total. The smallest absolute Gasteiger partial charge is 0.320 e. The summed E-state index contributed by atoms with van der Waals surface area (Å²) in [7, 11) is 1.56. The highest BCUT2D eigenvalue weighted by molar-refractivity contribution is 5.94. The number of nitrogens with one attached hydrogen (secondary N) is 3. The van der Waals surface area contributed by atoms with Crippen molar-refractivity contribution in [3.8, 4) is 0 Å². The fraction of sp³-hybridized carbons (Fsp3) is 0.312. The number of hydrogen-bond donors (Lipinski definition) is 3. The van der Waals surface area contributed by atoms with Crippen molar-refractivity contribution in [2.45, 2.75) is 19.4 Å². The summed E-state index contributed by atoms with van der Waals surface area (Å²) < 4.78 is 1.86. The van der Waals surface area contributed by atoms with E-state index in [0.717, 1.165) is 42.3 Å². The molecule has 24 heavy (non-hydrogen) atoms. The lowest BCUT2D eigenvalue weighted by Crippen LogP contribution is -2.24. The Morgan fingerprint density at radius 1 is 1.25 bits per heavy atom. The summed E-state index contributed by atoms with van der Waals surface area (Å²) in [5.41, 5.74) is 3.04. The van der Waals surface area contributed by atoms with Crippen LogP contribution in [0.5, 0.6) is 0 Å². The summed E-state index contributed by atoms with van der Waals surface area (Å²) in [6.45, 7) is 1.55. The lowest BCUT2D eigenvalue weighted by Gasteiger charge is -2.22. The van der Waals surface area contributed by atoms with Gasteiger partial charge in [0.05, 0.1) is 6.54 Å². The molecule has 0 radical (unpaired) electrons. The second-order valence-corrected chi connectivity index (χ2v) is 5.86. The SMILES string of the molecule is CNC(=O)Nc1cc2n(n1)CCN2c1ccc2c(c1)NC(=O)CC2. The van der Waals surface area contributed by atoms with Gasteiger partial charge in [0.1, 0.15) is 5.82 Å². The monoisotopic (exact) mass is 326 g/mol. The van der Waals surface area contributed by atoms with E-state index in [1.165, 1.54) is 0 Å². The van der Waals surface area contributed by atoms with Crippen molar-refractivity contribution < 1.29 is 9.59 Å². The average Bonchev–Trinajstić information content (AvgIpc) is 3.13. The van der Waals surface area contributed by atoms with Gasteiger partial charge in [0.25, 0.3) is 0 Å². The standard InChI is InChI=1S/C16H18N6O2/c1-17-16(24)19-13-9-15-21(6-7-22(15)20-13)11-4-2-10-3-5-14(23)18-12(10)8-11/h2,4,8-9H,3,5-7H2,1H3,(H,18,23)(H2,17,19,20,24).